The summed E-state index contributed by atoms with van der Waals surface area (Å²) in [6.45, 7) is 6.13. The lowest BCUT2D eigenvalue weighted by molar-refractivity contribution is 0.0521. The number of esters is 1. The van der Waals surface area contributed by atoms with Crippen LogP contribution in [0.4, 0.5) is 0 Å². The van der Waals surface area contributed by atoms with Crippen molar-refractivity contribution in [3.63, 3.8) is 0 Å². The number of carbonyl (C=O) groups is 2. The van der Waals surface area contributed by atoms with Crippen molar-refractivity contribution in [3.05, 3.63) is 98.6 Å². The zero-order valence-corrected chi connectivity index (χ0v) is 21.4. The summed E-state index contributed by atoms with van der Waals surface area (Å²) in [6.07, 6.45) is 1.96. The van der Waals surface area contributed by atoms with Crippen LogP contribution in [0.1, 0.15) is 43.8 Å². The molecule has 0 unspecified atom stereocenters. The highest BCUT2D eigenvalue weighted by Crippen LogP contribution is 2.46. The minimum atomic E-state index is -0.388. The van der Waals surface area contributed by atoms with Crippen molar-refractivity contribution < 1.29 is 14.3 Å². The third-order valence-electron chi connectivity index (χ3n) is 5.84. The van der Waals surface area contributed by atoms with Gasteiger partial charge in [0.1, 0.15) is 5.69 Å². The quantitative estimate of drug-likeness (QED) is 0.173. The first kappa shape index (κ1) is 22.6. The molecular formula is C28H22BrNO3S. The molecule has 5 rings (SSSR count). The molecule has 170 valence electrons. The van der Waals surface area contributed by atoms with Gasteiger partial charge in [0.05, 0.1) is 21.7 Å². The van der Waals surface area contributed by atoms with Crippen LogP contribution in [0.25, 0.3) is 26.7 Å². The molecule has 2 aromatic carbocycles. The van der Waals surface area contributed by atoms with Crippen LogP contribution in [0.3, 0.4) is 0 Å². The van der Waals surface area contributed by atoms with Crippen molar-refractivity contribution in [1.82, 2.24) is 4.40 Å². The molecule has 0 aliphatic heterocycles. The van der Waals surface area contributed by atoms with E-state index in [4.69, 9.17) is 4.74 Å². The summed E-state index contributed by atoms with van der Waals surface area (Å²) in [4.78, 5) is 27.6. The zero-order valence-electron chi connectivity index (χ0n) is 19.0. The fourth-order valence-electron chi connectivity index (χ4n) is 4.50. The van der Waals surface area contributed by atoms with Crippen molar-refractivity contribution in [1.29, 1.82) is 0 Å². The van der Waals surface area contributed by atoms with Crippen molar-refractivity contribution in [2.75, 3.05) is 6.61 Å². The number of carbonyl (C=O) groups excluding carboxylic acids is 2. The molecule has 3 aromatic heterocycles. The molecule has 0 atom stereocenters. The first-order valence-electron chi connectivity index (χ1n) is 11.0. The van der Waals surface area contributed by atoms with Crippen LogP contribution in [-0.2, 0) is 4.74 Å². The fourth-order valence-corrected chi connectivity index (χ4v) is 6.08. The van der Waals surface area contributed by atoms with Crippen LogP contribution in [0.5, 0.6) is 0 Å². The molecule has 5 aromatic rings. The molecular weight excluding hydrogens is 510 g/mol. The Bertz CT molecular complexity index is 1560. The van der Waals surface area contributed by atoms with Gasteiger partial charge in [0.15, 0.2) is 0 Å². The van der Waals surface area contributed by atoms with Crippen LogP contribution >= 0.6 is 27.3 Å². The molecule has 0 aliphatic rings. The van der Waals surface area contributed by atoms with Gasteiger partial charge in [0, 0.05) is 27.2 Å². The van der Waals surface area contributed by atoms with Crippen LogP contribution < -0.4 is 0 Å². The van der Waals surface area contributed by atoms with Gasteiger partial charge < -0.3 is 9.14 Å². The Balaban J connectivity index is 1.92. The summed E-state index contributed by atoms with van der Waals surface area (Å²) in [5.74, 6) is -0.453. The number of thiophene rings is 1. The third-order valence-corrected chi connectivity index (χ3v) is 7.56. The standard InChI is InChI=1S/C28H22BrNO3S/c1-4-33-28(32)24-26-22(23-17(3)14-16(2)15-30(23)24)21(18-8-6-5-7-9-18)27(34-26)25(31)19-10-12-20(29)13-11-19/h5-15H,4H2,1-3H3. The van der Waals surface area contributed by atoms with Crippen molar-refractivity contribution in [2.45, 2.75) is 20.8 Å². The van der Waals surface area contributed by atoms with Crippen molar-refractivity contribution in [2.24, 2.45) is 0 Å². The van der Waals surface area contributed by atoms with Crippen LogP contribution in [0.15, 0.2) is 71.3 Å². The van der Waals surface area contributed by atoms with E-state index in [-0.39, 0.29) is 18.4 Å². The number of pyridine rings is 1. The van der Waals surface area contributed by atoms with E-state index in [1.54, 1.807) is 6.92 Å². The lowest BCUT2D eigenvalue weighted by Crippen LogP contribution is -2.08. The molecule has 0 saturated carbocycles. The van der Waals surface area contributed by atoms with E-state index in [9.17, 15) is 9.59 Å². The Labute approximate surface area is 209 Å². The summed E-state index contributed by atoms with van der Waals surface area (Å²) in [6, 6.07) is 19.4. The number of fused-ring (bicyclic) bond motifs is 3. The largest absolute Gasteiger partial charge is 0.461 e. The number of aryl methyl sites for hydroxylation is 2. The maximum Gasteiger partial charge on any atom is 0.356 e. The second-order valence-electron chi connectivity index (χ2n) is 8.20. The van der Waals surface area contributed by atoms with Gasteiger partial charge in [-0.3, -0.25) is 4.79 Å². The normalized spacial score (nSPS) is 11.3. The first-order valence-corrected chi connectivity index (χ1v) is 12.6. The third kappa shape index (κ3) is 3.67. The van der Waals surface area contributed by atoms with E-state index in [2.05, 4.69) is 22.0 Å². The number of halogens is 1. The minimum absolute atomic E-state index is 0.0646. The highest BCUT2D eigenvalue weighted by atomic mass is 79.9. The SMILES string of the molecule is CCOC(=O)c1c2sc(C(=O)c3ccc(Br)cc3)c(-c3ccccc3)c2c2c(C)cc(C)cn12. The summed E-state index contributed by atoms with van der Waals surface area (Å²) >= 11 is 4.81. The monoisotopic (exact) mass is 531 g/mol. The van der Waals surface area contributed by atoms with Gasteiger partial charge in [0.25, 0.3) is 0 Å². The Morgan fingerprint density at radius 3 is 2.41 bits per heavy atom. The highest BCUT2D eigenvalue weighted by Gasteiger charge is 2.30. The molecule has 4 nitrogen and oxygen atoms in total. The fraction of sp³-hybridized carbons (Fsp3) is 0.143. The second-order valence-corrected chi connectivity index (χ2v) is 10.1. The number of hydrogen-bond acceptors (Lipinski definition) is 4. The van der Waals surface area contributed by atoms with E-state index >= 15 is 0 Å². The number of ether oxygens (including phenoxy) is 1. The van der Waals surface area contributed by atoms with Gasteiger partial charge in [-0.05, 0) is 61.7 Å². The van der Waals surface area contributed by atoms with Gasteiger partial charge in [-0.1, -0.05) is 52.3 Å². The molecule has 0 fully saturated rings. The number of hydrogen-bond donors (Lipinski definition) is 0. The maximum atomic E-state index is 13.8. The number of benzene rings is 2. The zero-order chi connectivity index (χ0) is 24.0. The van der Waals surface area contributed by atoms with E-state index in [0.717, 1.165) is 42.3 Å². The molecule has 0 aliphatic carbocycles. The van der Waals surface area contributed by atoms with Crippen molar-refractivity contribution in [3.8, 4) is 11.1 Å². The number of rotatable bonds is 5. The predicted molar refractivity (Wildman–Crippen MR) is 141 cm³/mol. The minimum Gasteiger partial charge on any atom is -0.461 e. The molecule has 0 bridgehead atoms. The van der Waals surface area contributed by atoms with E-state index in [0.29, 0.717) is 16.1 Å². The average Bonchev–Trinajstić information content (AvgIpc) is 3.34. The Hall–Kier alpha value is -3.22. The molecule has 0 radical (unpaired) electrons. The smallest absolute Gasteiger partial charge is 0.356 e. The van der Waals surface area contributed by atoms with Gasteiger partial charge in [-0.15, -0.1) is 11.3 Å². The van der Waals surface area contributed by atoms with Gasteiger partial charge >= 0.3 is 5.97 Å². The molecule has 3 heterocycles. The van der Waals surface area contributed by atoms with E-state index in [1.165, 1.54) is 11.3 Å². The van der Waals surface area contributed by atoms with Gasteiger partial charge in [-0.25, -0.2) is 4.79 Å². The number of aromatic nitrogens is 1. The van der Waals surface area contributed by atoms with Gasteiger partial charge in [-0.2, -0.15) is 0 Å². The molecule has 6 heteroatoms. The Morgan fingerprint density at radius 2 is 1.74 bits per heavy atom. The summed E-state index contributed by atoms with van der Waals surface area (Å²) < 4.78 is 9.07. The lowest BCUT2D eigenvalue weighted by Gasteiger charge is -2.09. The average molecular weight is 532 g/mol. The first-order chi connectivity index (χ1) is 16.4. The van der Waals surface area contributed by atoms with Crippen LogP contribution in [-0.4, -0.2) is 22.8 Å². The molecule has 0 spiro atoms. The summed E-state index contributed by atoms with van der Waals surface area (Å²) in [5.41, 5.74) is 5.88. The van der Waals surface area contributed by atoms with Crippen LogP contribution in [0, 0.1) is 13.8 Å². The predicted octanol–water partition coefficient (Wildman–Crippen LogP) is 7.61. The van der Waals surface area contributed by atoms with Crippen molar-refractivity contribution >= 4 is 54.6 Å². The van der Waals surface area contributed by atoms with Gasteiger partial charge in [0.2, 0.25) is 5.78 Å². The maximum absolute atomic E-state index is 13.8. The molecule has 0 saturated heterocycles. The Kier molecular flexibility index (Phi) is 5.88. The second kappa shape index (κ2) is 8.85. The topological polar surface area (TPSA) is 47.8 Å². The lowest BCUT2D eigenvalue weighted by atomic mass is 9.98. The molecule has 34 heavy (non-hydrogen) atoms. The Morgan fingerprint density at radius 1 is 1.03 bits per heavy atom. The summed E-state index contributed by atoms with van der Waals surface area (Å²) in [7, 11) is 0. The summed E-state index contributed by atoms with van der Waals surface area (Å²) in [5, 5.41) is 0.914. The molecule has 0 N–H and O–H groups in total. The van der Waals surface area contributed by atoms with E-state index in [1.807, 2.05) is 79.0 Å². The number of nitrogens with zero attached hydrogens (tertiary/aromatic N) is 1. The van der Waals surface area contributed by atoms with Crippen LogP contribution in [0.2, 0.25) is 0 Å². The van der Waals surface area contributed by atoms with E-state index < -0.39 is 0 Å². The molecule has 0 amide bonds. The number of ketones is 1. The highest BCUT2D eigenvalue weighted by molar-refractivity contribution is 9.10.